The Morgan fingerprint density at radius 2 is 0.761 bits per heavy atom. The molecule has 0 aliphatic carbocycles. The van der Waals surface area contributed by atoms with Crippen LogP contribution in [0.3, 0.4) is 0 Å². The van der Waals surface area contributed by atoms with Crippen molar-refractivity contribution in [3.63, 3.8) is 0 Å². The summed E-state index contributed by atoms with van der Waals surface area (Å²) in [6.07, 6.45) is 15.7. The lowest BCUT2D eigenvalue weighted by Gasteiger charge is -2.16. The van der Waals surface area contributed by atoms with Gasteiger partial charge >= 0.3 is 15.6 Å². The summed E-state index contributed by atoms with van der Waals surface area (Å²) < 4.78 is 55.5. The van der Waals surface area contributed by atoms with E-state index < -0.39 is 15.6 Å². The SMILES string of the molecule is CCCCc1nc2c(N)nc3cc(CCCOCCCN)ccc3c2n1Cc1cc(O)ccc1O.CCCCc1nc2c(N)nc3cc(CCCOCCCN)ccc3c2n1Cc1cccc(O)c1OP(=O)(O)O.CCCCc1nc2c(N)nc3cc(CCCOCCCN)ccc3c2n1Cc1cccc(OP(=O)(O)O)c1O. The van der Waals surface area contributed by atoms with Gasteiger partial charge < -0.3 is 91.8 Å². The van der Waals surface area contributed by atoms with Crippen molar-refractivity contribution in [1.82, 2.24) is 43.6 Å². The number of phosphoric acid groups is 2. The number of unbranched alkanes of at least 4 members (excludes halogenated alkanes) is 3. The van der Waals surface area contributed by atoms with Crippen LogP contribution in [0.15, 0.2) is 109 Å². The van der Waals surface area contributed by atoms with Crippen LogP contribution in [0.5, 0.6) is 34.5 Å². The van der Waals surface area contributed by atoms with E-state index in [1.807, 2.05) is 33.4 Å². The van der Waals surface area contributed by atoms with Gasteiger partial charge in [-0.3, -0.25) is 19.6 Å². The molecular weight excluding hydrogens is 1480 g/mol. The maximum absolute atomic E-state index is 11.6. The van der Waals surface area contributed by atoms with Gasteiger partial charge in [0.2, 0.25) is 0 Å². The highest BCUT2D eigenvalue weighted by Crippen LogP contribution is 2.46. The molecule has 0 spiro atoms. The lowest BCUT2D eigenvalue weighted by atomic mass is 10.1. The highest BCUT2D eigenvalue weighted by molar-refractivity contribution is 7.47. The third kappa shape index (κ3) is 22.8. The number of hydrogen-bond acceptors (Lipinski definition) is 23. The Labute approximate surface area is 655 Å². The minimum Gasteiger partial charge on any atom is -0.508 e. The molecule has 12 aromatic rings. The molecule has 0 saturated heterocycles. The fraction of sp³-hybridized carbons (Fsp3) is 0.407. The number of para-hydroxylation sites is 2. The van der Waals surface area contributed by atoms with E-state index in [0.717, 1.165) is 181 Å². The van der Waals surface area contributed by atoms with E-state index in [2.05, 4.69) is 75.1 Å². The Morgan fingerprint density at radius 1 is 0.389 bits per heavy atom. The number of aromatic nitrogens is 9. The van der Waals surface area contributed by atoms with E-state index in [-0.39, 0.29) is 47.6 Å². The van der Waals surface area contributed by atoms with Crippen LogP contribution in [-0.4, -0.2) is 143 Å². The Morgan fingerprint density at radius 3 is 1.15 bits per heavy atom. The standard InChI is InChI=1S/2C27H36N5O6P.C27H35N5O3/c1-2-3-10-23-31-24-25(32(23)17-19-8-4-9-22(26(19)33)38-39(34,35)36)20-12-11-18(16-21(20)30-27(24)29)7-5-14-37-15-6-13-28;1-2-3-10-23-31-24-25(32(23)17-19-8-4-9-22(33)26(19)38-39(34,35)36)20-12-11-18(16-21(20)30-27(24)29)7-5-14-37-15-6-13-28;1-2-3-7-24-31-25-26(32(24)17-19-16-20(33)9-11-23(19)34)21-10-8-18(15-22(21)30-27(25)29)6-4-13-35-14-5-12-28/h2*4,8-9,11-12,16,33H,2-3,5-7,10,13-15,17,28H2,1H3,(H2,29,30)(H2,34,35,36);8-11,15-16,33-34H,2-7,12-14,17,28H2,1H3,(H2,29,30). The van der Waals surface area contributed by atoms with Crippen molar-refractivity contribution >= 4 is 98.9 Å². The lowest BCUT2D eigenvalue weighted by Crippen LogP contribution is -2.08. The molecule has 0 bridgehead atoms. The van der Waals surface area contributed by atoms with Crippen LogP contribution in [0, 0.1) is 0 Å². The monoisotopic (exact) mass is 1590 g/mol. The first-order chi connectivity index (χ1) is 54.4. The predicted octanol–water partition coefficient (Wildman–Crippen LogP) is 12.3. The van der Waals surface area contributed by atoms with Crippen molar-refractivity contribution in [2.75, 3.05) is 76.5 Å². The van der Waals surface area contributed by atoms with Crippen LogP contribution in [0.1, 0.15) is 149 Å². The second-order valence-electron chi connectivity index (χ2n) is 27.9. The Balaban J connectivity index is 0.000000180. The molecule has 20 N–H and O–H groups in total. The topological polar surface area (TPSA) is 490 Å². The maximum Gasteiger partial charge on any atom is 0.524 e. The van der Waals surface area contributed by atoms with Gasteiger partial charge in [-0.05, 0) is 162 Å². The van der Waals surface area contributed by atoms with Gasteiger partial charge in [-0.15, -0.1) is 0 Å². The van der Waals surface area contributed by atoms with Crippen molar-refractivity contribution in [3.05, 3.63) is 160 Å². The van der Waals surface area contributed by atoms with Crippen molar-refractivity contribution in [3.8, 4) is 34.5 Å². The number of benzene rings is 6. The smallest absolute Gasteiger partial charge is 0.508 e. The lowest BCUT2D eigenvalue weighted by molar-refractivity contribution is 0.131. The average Bonchev–Trinajstić information content (AvgIpc) is 1.63. The molecule has 0 aliphatic rings. The number of nitrogens with two attached hydrogens (primary N) is 6. The van der Waals surface area contributed by atoms with Gasteiger partial charge in [-0.1, -0.05) is 101 Å². The molecular formula is C81H107N15O15P2. The third-order valence-electron chi connectivity index (χ3n) is 19.2. The van der Waals surface area contributed by atoms with E-state index in [9.17, 15) is 49.1 Å². The summed E-state index contributed by atoms with van der Waals surface area (Å²) in [5.41, 5.74) is 47.1. The summed E-state index contributed by atoms with van der Waals surface area (Å²) in [7, 11) is -9.75. The van der Waals surface area contributed by atoms with Crippen LogP contribution < -0.4 is 43.4 Å². The first kappa shape index (κ1) is 85.6. The average molecular weight is 1590 g/mol. The molecule has 0 fully saturated rings. The number of rotatable bonds is 40. The van der Waals surface area contributed by atoms with Crippen LogP contribution in [0.25, 0.3) is 65.8 Å². The summed E-state index contributed by atoms with van der Waals surface area (Å²) in [6, 6.07) is 32.2. The number of ether oxygens (including phenoxy) is 3. The predicted molar refractivity (Wildman–Crippen MR) is 441 cm³/mol. The molecule has 30 nitrogen and oxygen atoms in total. The van der Waals surface area contributed by atoms with Crippen LogP contribution in [-0.2, 0) is 81.5 Å². The Kier molecular flexibility index (Phi) is 30.9. The normalized spacial score (nSPS) is 11.9. The van der Waals surface area contributed by atoms with Crippen LogP contribution in [0.4, 0.5) is 17.5 Å². The van der Waals surface area contributed by atoms with E-state index >= 15 is 0 Å². The number of hydrogen-bond donors (Lipinski definition) is 14. The molecule has 606 valence electrons. The number of fused-ring (bicyclic) bond motifs is 9. The van der Waals surface area contributed by atoms with Crippen molar-refractivity contribution in [2.45, 2.75) is 156 Å². The fourth-order valence-electron chi connectivity index (χ4n) is 13.6. The van der Waals surface area contributed by atoms with E-state index in [0.29, 0.717) is 129 Å². The number of phenolic OH excluding ortho intramolecular Hbond substituents is 4. The quantitative estimate of drug-likeness (QED) is 0.00963. The van der Waals surface area contributed by atoms with Gasteiger partial charge in [0.05, 0.1) is 52.7 Å². The molecule has 12 rings (SSSR count). The summed E-state index contributed by atoms with van der Waals surface area (Å²) >= 11 is 0. The number of aryl methyl sites for hydroxylation is 6. The van der Waals surface area contributed by atoms with E-state index in [4.69, 9.17) is 68.1 Å². The maximum atomic E-state index is 11.6. The first-order valence-electron chi connectivity index (χ1n) is 38.6. The largest absolute Gasteiger partial charge is 0.524 e. The number of imidazole rings is 3. The molecule has 0 saturated carbocycles. The number of pyridine rings is 3. The second kappa shape index (κ2) is 40.8. The third-order valence-corrected chi connectivity index (χ3v) is 20.0. The highest BCUT2D eigenvalue weighted by Gasteiger charge is 2.27. The van der Waals surface area contributed by atoms with Crippen molar-refractivity contribution in [1.29, 1.82) is 0 Å². The number of nitrogens with zero attached hydrogens (tertiary/aromatic N) is 9. The number of aromatic hydroxyl groups is 4. The zero-order chi connectivity index (χ0) is 80.8. The highest BCUT2D eigenvalue weighted by atomic mass is 31.2. The number of phenols is 4. The van der Waals surface area contributed by atoms with Crippen molar-refractivity contribution < 1.29 is 72.4 Å². The Hall–Kier alpha value is -9.78. The molecule has 0 radical (unpaired) electrons. The number of nitrogen functional groups attached to an aromatic ring is 3. The van der Waals surface area contributed by atoms with Gasteiger partial charge in [-0.25, -0.2) is 39.0 Å². The van der Waals surface area contributed by atoms with E-state index in [1.165, 1.54) is 29.8 Å². The fourth-order valence-corrected chi connectivity index (χ4v) is 14.4. The molecule has 0 atom stereocenters. The second-order valence-corrected chi connectivity index (χ2v) is 30.2. The van der Waals surface area contributed by atoms with Crippen molar-refractivity contribution in [2.24, 2.45) is 17.2 Å². The molecule has 6 aromatic carbocycles. The molecule has 32 heteroatoms. The first-order valence-corrected chi connectivity index (χ1v) is 41.7. The molecule has 113 heavy (non-hydrogen) atoms. The minimum absolute atomic E-state index is 0.111. The number of anilines is 3. The molecule has 0 unspecified atom stereocenters. The Bertz CT molecular complexity index is 5300. The van der Waals surface area contributed by atoms with Gasteiger partial charge in [0.1, 0.15) is 45.5 Å². The minimum atomic E-state index is -4.91. The van der Waals surface area contributed by atoms with Crippen LogP contribution in [0.2, 0.25) is 0 Å². The molecule has 0 aliphatic heterocycles. The van der Waals surface area contributed by atoms with Gasteiger partial charge in [0.25, 0.3) is 0 Å². The van der Waals surface area contributed by atoms with Gasteiger partial charge in [0.15, 0.2) is 40.5 Å². The van der Waals surface area contributed by atoms with Gasteiger partial charge in [-0.2, -0.15) is 0 Å². The zero-order valence-electron chi connectivity index (χ0n) is 64.4. The summed E-state index contributed by atoms with van der Waals surface area (Å²) in [4.78, 5) is 65.8. The molecule has 6 heterocycles. The summed E-state index contributed by atoms with van der Waals surface area (Å²) in [5, 5.41) is 44.2. The molecule has 6 aromatic heterocycles. The van der Waals surface area contributed by atoms with E-state index in [1.54, 1.807) is 30.3 Å². The molecule has 0 amide bonds. The number of phosphoric ester groups is 2. The zero-order valence-corrected chi connectivity index (χ0v) is 66.2. The summed E-state index contributed by atoms with van der Waals surface area (Å²) in [6.45, 7) is 13.0. The van der Waals surface area contributed by atoms with Crippen LogP contribution >= 0.6 is 15.6 Å². The summed E-state index contributed by atoms with van der Waals surface area (Å²) in [5.74, 6) is 2.44. The van der Waals surface area contributed by atoms with Gasteiger partial charge in [0, 0.05) is 91.8 Å².